The summed E-state index contributed by atoms with van der Waals surface area (Å²) in [4.78, 5) is 22.3. The number of hydrogen-bond donors (Lipinski definition) is 0. The molecular formula is C30H34ClFN6O. The third-order valence-electron chi connectivity index (χ3n) is 8.13. The van der Waals surface area contributed by atoms with E-state index in [1.54, 1.807) is 0 Å². The molecule has 0 spiro atoms. The van der Waals surface area contributed by atoms with Crippen LogP contribution in [0.3, 0.4) is 0 Å². The molecule has 0 radical (unpaired) electrons. The second-order valence-corrected chi connectivity index (χ2v) is 10.9. The molecule has 0 unspecified atom stereocenters. The van der Waals surface area contributed by atoms with E-state index in [0.717, 1.165) is 54.7 Å². The van der Waals surface area contributed by atoms with Gasteiger partial charge in [0.1, 0.15) is 17.6 Å². The minimum absolute atomic E-state index is 0.00212. The minimum Gasteiger partial charge on any atom is -0.368 e. The van der Waals surface area contributed by atoms with E-state index in [1.807, 2.05) is 52.6 Å². The van der Waals surface area contributed by atoms with Crippen molar-refractivity contribution in [2.24, 2.45) is 7.05 Å². The summed E-state index contributed by atoms with van der Waals surface area (Å²) in [5.74, 6) is -0.366. The maximum atomic E-state index is 13.9. The largest absolute Gasteiger partial charge is 0.368 e. The van der Waals surface area contributed by atoms with Crippen molar-refractivity contribution in [1.29, 1.82) is 5.26 Å². The average Bonchev–Trinajstić information content (AvgIpc) is 3.22. The second-order valence-electron chi connectivity index (χ2n) is 10.5. The van der Waals surface area contributed by atoms with Crippen molar-refractivity contribution in [3.63, 3.8) is 0 Å². The molecule has 1 amide bonds. The number of carbonyl (C=O) groups is 1. The maximum Gasteiger partial charge on any atom is 0.270 e. The SMILES string of the molecule is Cc1c(CN2CCN(c3ccccc3Cl)CC2)cc(C(=O)N2CCN(c3cc(F)ccc3C#N)C[C@@H]2C)n1C. The highest BCUT2D eigenvalue weighted by atomic mass is 35.5. The van der Waals surface area contributed by atoms with Gasteiger partial charge in [-0.25, -0.2) is 4.39 Å². The van der Waals surface area contributed by atoms with Crippen LogP contribution in [-0.4, -0.2) is 72.1 Å². The summed E-state index contributed by atoms with van der Waals surface area (Å²) >= 11 is 6.40. The summed E-state index contributed by atoms with van der Waals surface area (Å²) in [5.41, 5.74) is 5.05. The van der Waals surface area contributed by atoms with E-state index >= 15 is 0 Å². The summed E-state index contributed by atoms with van der Waals surface area (Å²) in [6.45, 7) is 10.1. The van der Waals surface area contributed by atoms with E-state index in [1.165, 1.54) is 18.2 Å². The van der Waals surface area contributed by atoms with Gasteiger partial charge in [0.05, 0.1) is 22.0 Å². The molecule has 1 aromatic heterocycles. The van der Waals surface area contributed by atoms with Gasteiger partial charge in [0, 0.05) is 71.1 Å². The molecule has 0 N–H and O–H groups in total. The molecule has 7 nitrogen and oxygen atoms in total. The van der Waals surface area contributed by atoms with Gasteiger partial charge in [-0.1, -0.05) is 23.7 Å². The lowest BCUT2D eigenvalue weighted by atomic mass is 10.1. The molecule has 2 aromatic carbocycles. The topological polar surface area (TPSA) is 58.8 Å². The quantitative estimate of drug-likeness (QED) is 0.464. The number of piperazine rings is 2. The van der Waals surface area contributed by atoms with Crippen molar-refractivity contribution in [2.45, 2.75) is 26.4 Å². The Labute approximate surface area is 234 Å². The summed E-state index contributed by atoms with van der Waals surface area (Å²) in [7, 11) is 1.95. The van der Waals surface area contributed by atoms with Gasteiger partial charge < -0.3 is 19.3 Å². The number of nitriles is 1. The second kappa shape index (κ2) is 11.3. The van der Waals surface area contributed by atoms with Gasteiger partial charge in [-0.3, -0.25) is 9.69 Å². The zero-order chi connectivity index (χ0) is 27.7. The lowest BCUT2D eigenvalue weighted by Crippen LogP contribution is -2.54. The number of carbonyl (C=O) groups excluding carboxylic acids is 1. The smallest absolute Gasteiger partial charge is 0.270 e. The number of hydrogen-bond acceptors (Lipinski definition) is 5. The molecule has 2 saturated heterocycles. The molecule has 2 aliphatic rings. The number of anilines is 2. The minimum atomic E-state index is -0.368. The van der Waals surface area contributed by atoms with E-state index < -0.39 is 0 Å². The Hall–Kier alpha value is -3.54. The van der Waals surface area contributed by atoms with E-state index in [0.29, 0.717) is 36.6 Å². The first-order valence-corrected chi connectivity index (χ1v) is 13.8. The Kier molecular flexibility index (Phi) is 7.83. The van der Waals surface area contributed by atoms with Crippen LogP contribution in [0.5, 0.6) is 0 Å². The van der Waals surface area contributed by atoms with Crippen molar-refractivity contribution in [1.82, 2.24) is 14.4 Å². The lowest BCUT2D eigenvalue weighted by Gasteiger charge is -2.41. The average molecular weight is 549 g/mol. The van der Waals surface area contributed by atoms with Crippen LogP contribution in [0.1, 0.15) is 34.2 Å². The predicted octanol–water partition coefficient (Wildman–Crippen LogP) is 4.67. The van der Waals surface area contributed by atoms with Crippen molar-refractivity contribution in [3.05, 3.63) is 81.9 Å². The summed E-state index contributed by atoms with van der Waals surface area (Å²) in [6.07, 6.45) is 0. The molecule has 0 aliphatic carbocycles. The number of nitrogens with zero attached hydrogens (tertiary/aromatic N) is 6. The molecule has 3 aromatic rings. The van der Waals surface area contributed by atoms with Crippen molar-refractivity contribution in [3.8, 4) is 6.07 Å². The lowest BCUT2D eigenvalue weighted by molar-refractivity contribution is 0.0664. The molecule has 3 heterocycles. The van der Waals surface area contributed by atoms with Crippen LogP contribution in [0.2, 0.25) is 5.02 Å². The fourth-order valence-electron chi connectivity index (χ4n) is 5.71. The van der Waals surface area contributed by atoms with Gasteiger partial charge in [-0.05, 0) is 55.8 Å². The number of halogens is 2. The Morgan fingerprint density at radius 3 is 2.44 bits per heavy atom. The molecule has 9 heteroatoms. The summed E-state index contributed by atoms with van der Waals surface area (Å²) < 4.78 is 15.9. The standard InChI is InChI=1S/C30H34ClFN6O/c1-21-19-37(28-17-25(32)9-8-23(28)18-33)14-15-38(21)30(39)29-16-24(22(2)34(29)3)20-35-10-12-36(13-11-35)27-7-5-4-6-26(27)31/h4-9,16-17,21H,10-15,19-20H2,1-3H3/t21-/m0/s1. The number of benzene rings is 2. The van der Waals surface area contributed by atoms with Gasteiger partial charge in [-0.15, -0.1) is 0 Å². The monoisotopic (exact) mass is 548 g/mol. The highest BCUT2D eigenvalue weighted by Crippen LogP contribution is 2.28. The highest BCUT2D eigenvalue weighted by Gasteiger charge is 2.31. The number of rotatable bonds is 5. The molecule has 2 fully saturated rings. The number of amides is 1. The van der Waals surface area contributed by atoms with Crippen LogP contribution in [0, 0.1) is 24.1 Å². The molecule has 204 valence electrons. The fraction of sp³-hybridized carbons (Fsp3) is 0.400. The van der Waals surface area contributed by atoms with Crippen LogP contribution < -0.4 is 9.80 Å². The van der Waals surface area contributed by atoms with Crippen molar-refractivity contribution >= 4 is 28.9 Å². The molecule has 39 heavy (non-hydrogen) atoms. The first-order valence-electron chi connectivity index (χ1n) is 13.4. The van der Waals surface area contributed by atoms with E-state index in [9.17, 15) is 14.4 Å². The summed E-state index contributed by atoms with van der Waals surface area (Å²) in [6, 6.07) is 16.3. The Morgan fingerprint density at radius 2 is 1.74 bits per heavy atom. The maximum absolute atomic E-state index is 13.9. The molecule has 0 bridgehead atoms. The Balaban J connectivity index is 1.24. The predicted molar refractivity (Wildman–Crippen MR) is 153 cm³/mol. The van der Waals surface area contributed by atoms with E-state index in [-0.39, 0.29) is 17.8 Å². The molecular weight excluding hydrogens is 515 g/mol. The first-order chi connectivity index (χ1) is 18.8. The first kappa shape index (κ1) is 27.0. The highest BCUT2D eigenvalue weighted by molar-refractivity contribution is 6.33. The zero-order valence-electron chi connectivity index (χ0n) is 22.7. The van der Waals surface area contributed by atoms with Crippen LogP contribution in [0.25, 0.3) is 0 Å². The fourth-order valence-corrected chi connectivity index (χ4v) is 5.97. The van der Waals surface area contributed by atoms with E-state index in [4.69, 9.17) is 11.6 Å². The molecule has 2 aliphatic heterocycles. The Morgan fingerprint density at radius 1 is 1.03 bits per heavy atom. The van der Waals surface area contributed by atoms with Crippen molar-refractivity contribution in [2.75, 3.05) is 55.6 Å². The molecule has 1 atom stereocenters. The Bertz CT molecular complexity index is 1410. The number of aromatic nitrogens is 1. The van der Waals surface area contributed by atoms with Crippen LogP contribution in [-0.2, 0) is 13.6 Å². The van der Waals surface area contributed by atoms with Gasteiger partial charge >= 0.3 is 0 Å². The zero-order valence-corrected chi connectivity index (χ0v) is 23.5. The molecule has 0 saturated carbocycles. The normalized spacial score (nSPS) is 18.4. The van der Waals surface area contributed by atoms with E-state index in [2.05, 4.69) is 28.9 Å². The third kappa shape index (κ3) is 5.47. The van der Waals surface area contributed by atoms with Gasteiger partial charge in [-0.2, -0.15) is 5.26 Å². The van der Waals surface area contributed by atoms with Crippen LogP contribution in [0.15, 0.2) is 48.5 Å². The summed E-state index contributed by atoms with van der Waals surface area (Å²) in [5, 5.41) is 10.3. The van der Waals surface area contributed by atoms with Crippen molar-refractivity contribution < 1.29 is 9.18 Å². The van der Waals surface area contributed by atoms with Gasteiger partial charge in [0.2, 0.25) is 0 Å². The van der Waals surface area contributed by atoms with Gasteiger partial charge in [0.15, 0.2) is 0 Å². The third-order valence-corrected chi connectivity index (χ3v) is 8.45. The van der Waals surface area contributed by atoms with Crippen LogP contribution in [0.4, 0.5) is 15.8 Å². The molecule has 5 rings (SSSR count). The number of para-hydroxylation sites is 1. The van der Waals surface area contributed by atoms with Crippen LogP contribution >= 0.6 is 11.6 Å². The van der Waals surface area contributed by atoms with Gasteiger partial charge in [0.25, 0.3) is 5.91 Å².